The summed E-state index contributed by atoms with van der Waals surface area (Å²) in [6.07, 6.45) is 0. The first-order valence-corrected chi connectivity index (χ1v) is 4.41. The van der Waals surface area contributed by atoms with Gasteiger partial charge in [-0.1, -0.05) is 0 Å². The lowest BCUT2D eigenvalue weighted by atomic mass is 10.3. The SMILES string of the molecule is COC(=O)c1nnc2nc(C)cc(C)n12. The number of aromatic nitrogens is 4. The summed E-state index contributed by atoms with van der Waals surface area (Å²) in [5.74, 6) is 0.0432. The Morgan fingerprint density at radius 3 is 2.80 bits per heavy atom. The van der Waals surface area contributed by atoms with Crippen LogP contribution in [0.2, 0.25) is 0 Å². The third-order valence-corrected chi connectivity index (χ3v) is 2.06. The van der Waals surface area contributed by atoms with Gasteiger partial charge >= 0.3 is 5.97 Å². The van der Waals surface area contributed by atoms with Crippen molar-refractivity contribution < 1.29 is 9.53 Å². The molecule has 78 valence electrons. The lowest BCUT2D eigenvalue weighted by Crippen LogP contribution is -2.09. The van der Waals surface area contributed by atoms with Gasteiger partial charge in [0.25, 0.3) is 5.78 Å². The zero-order chi connectivity index (χ0) is 11.0. The summed E-state index contributed by atoms with van der Waals surface area (Å²) < 4.78 is 6.17. The molecule has 6 heteroatoms. The summed E-state index contributed by atoms with van der Waals surface area (Å²) in [4.78, 5) is 15.5. The molecule has 0 fully saturated rings. The Labute approximate surface area is 85.9 Å². The van der Waals surface area contributed by atoms with Crippen molar-refractivity contribution in [2.45, 2.75) is 13.8 Å². The highest BCUT2D eigenvalue weighted by atomic mass is 16.5. The molecule has 0 bridgehead atoms. The molecule has 0 amide bonds. The first-order valence-electron chi connectivity index (χ1n) is 4.41. The van der Waals surface area contributed by atoms with Gasteiger partial charge in [-0.3, -0.25) is 4.40 Å². The molecule has 0 aliphatic rings. The van der Waals surface area contributed by atoms with Crippen LogP contribution in [0.15, 0.2) is 6.07 Å². The molecule has 0 spiro atoms. The monoisotopic (exact) mass is 206 g/mol. The van der Waals surface area contributed by atoms with E-state index in [9.17, 15) is 4.79 Å². The molecule has 0 aliphatic carbocycles. The first kappa shape index (κ1) is 9.57. The summed E-state index contributed by atoms with van der Waals surface area (Å²) in [7, 11) is 1.31. The Morgan fingerprint density at radius 2 is 2.13 bits per heavy atom. The number of ether oxygens (including phenoxy) is 1. The maximum atomic E-state index is 11.4. The average Bonchev–Trinajstić information content (AvgIpc) is 2.60. The van der Waals surface area contributed by atoms with Gasteiger partial charge in [-0.05, 0) is 19.9 Å². The zero-order valence-corrected chi connectivity index (χ0v) is 8.68. The highest BCUT2D eigenvalue weighted by molar-refractivity contribution is 5.86. The quantitative estimate of drug-likeness (QED) is 0.636. The summed E-state index contributed by atoms with van der Waals surface area (Å²) in [6.45, 7) is 3.72. The molecule has 0 aliphatic heterocycles. The van der Waals surface area contributed by atoms with Gasteiger partial charge in [0, 0.05) is 11.4 Å². The second-order valence-electron chi connectivity index (χ2n) is 3.19. The fraction of sp³-hybridized carbons (Fsp3) is 0.333. The van der Waals surface area contributed by atoms with Crippen LogP contribution in [0.3, 0.4) is 0 Å². The van der Waals surface area contributed by atoms with Gasteiger partial charge < -0.3 is 4.74 Å². The third-order valence-electron chi connectivity index (χ3n) is 2.06. The van der Waals surface area contributed by atoms with E-state index in [4.69, 9.17) is 0 Å². The van der Waals surface area contributed by atoms with Crippen molar-refractivity contribution in [1.29, 1.82) is 0 Å². The summed E-state index contributed by atoms with van der Waals surface area (Å²) in [5.41, 5.74) is 1.69. The van der Waals surface area contributed by atoms with Gasteiger partial charge in [-0.25, -0.2) is 9.78 Å². The standard InChI is InChI=1S/C9H10N4O2/c1-5-4-6(2)13-7(8(14)15-3)11-12-9(13)10-5/h4H,1-3H3. The van der Waals surface area contributed by atoms with E-state index in [2.05, 4.69) is 19.9 Å². The van der Waals surface area contributed by atoms with Crippen molar-refractivity contribution in [1.82, 2.24) is 19.6 Å². The Balaban J connectivity index is 2.74. The van der Waals surface area contributed by atoms with Crippen molar-refractivity contribution >= 4 is 11.7 Å². The molecule has 0 unspecified atom stereocenters. The number of fused-ring (bicyclic) bond motifs is 1. The number of carbonyl (C=O) groups excluding carboxylic acids is 1. The fourth-order valence-electron chi connectivity index (χ4n) is 1.45. The lowest BCUT2D eigenvalue weighted by molar-refractivity contribution is 0.0585. The molecule has 0 saturated heterocycles. The molecule has 15 heavy (non-hydrogen) atoms. The van der Waals surface area contributed by atoms with Crippen molar-refractivity contribution in [3.63, 3.8) is 0 Å². The molecule has 0 aromatic carbocycles. The number of rotatable bonds is 1. The average molecular weight is 206 g/mol. The number of aryl methyl sites for hydroxylation is 2. The largest absolute Gasteiger partial charge is 0.463 e. The first-order chi connectivity index (χ1) is 7.13. The topological polar surface area (TPSA) is 69.4 Å². The minimum Gasteiger partial charge on any atom is -0.463 e. The smallest absolute Gasteiger partial charge is 0.376 e. The van der Waals surface area contributed by atoms with E-state index >= 15 is 0 Å². The van der Waals surface area contributed by atoms with Crippen LogP contribution in [-0.4, -0.2) is 32.7 Å². The van der Waals surface area contributed by atoms with E-state index in [0.717, 1.165) is 11.4 Å². The third kappa shape index (κ3) is 1.43. The van der Waals surface area contributed by atoms with Gasteiger partial charge in [0.2, 0.25) is 5.82 Å². The second-order valence-corrected chi connectivity index (χ2v) is 3.19. The van der Waals surface area contributed by atoms with Crippen LogP contribution in [-0.2, 0) is 4.74 Å². The van der Waals surface area contributed by atoms with Crippen LogP contribution in [0.5, 0.6) is 0 Å². The molecule has 0 N–H and O–H groups in total. The van der Waals surface area contributed by atoms with E-state index in [1.807, 2.05) is 19.9 Å². The Bertz CT molecular complexity index is 532. The molecule has 2 aromatic rings. The highest BCUT2D eigenvalue weighted by Gasteiger charge is 2.16. The summed E-state index contributed by atoms with van der Waals surface area (Å²) in [5, 5.41) is 7.55. The van der Waals surface area contributed by atoms with Crippen LogP contribution >= 0.6 is 0 Å². The van der Waals surface area contributed by atoms with Crippen molar-refractivity contribution in [3.8, 4) is 0 Å². The van der Waals surface area contributed by atoms with Crippen LogP contribution < -0.4 is 0 Å². The Morgan fingerprint density at radius 1 is 1.40 bits per heavy atom. The highest BCUT2D eigenvalue weighted by Crippen LogP contribution is 2.08. The Kier molecular flexibility index (Phi) is 2.11. The number of carbonyl (C=O) groups is 1. The normalized spacial score (nSPS) is 10.6. The number of hydrogen-bond acceptors (Lipinski definition) is 5. The predicted molar refractivity (Wildman–Crippen MR) is 51.6 cm³/mol. The van der Waals surface area contributed by atoms with E-state index < -0.39 is 5.97 Å². The zero-order valence-electron chi connectivity index (χ0n) is 8.68. The lowest BCUT2D eigenvalue weighted by Gasteiger charge is -2.02. The van der Waals surface area contributed by atoms with Gasteiger partial charge in [0.05, 0.1) is 7.11 Å². The van der Waals surface area contributed by atoms with E-state index in [1.54, 1.807) is 4.40 Å². The molecule has 2 heterocycles. The maximum absolute atomic E-state index is 11.4. The number of esters is 1. The van der Waals surface area contributed by atoms with E-state index in [1.165, 1.54) is 7.11 Å². The molecule has 0 radical (unpaired) electrons. The van der Waals surface area contributed by atoms with E-state index in [-0.39, 0.29) is 5.82 Å². The van der Waals surface area contributed by atoms with Gasteiger partial charge in [-0.15, -0.1) is 10.2 Å². The molecule has 0 atom stereocenters. The summed E-state index contributed by atoms with van der Waals surface area (Å²) >= 11 is 0. The van der Waals surface area contributed by atoms with Crippen LogP contribution in [0, 0.1) is 13.8 Å². The minimum absolute atomic E-state index is 0.150. The maximum Gasteiger partial charge on any atom is 0.376 e. The predicted octanol–water partition coefficient (Wildman–Crippen LogP) is 0.528. The number of methoxy groups -OCH3 is 1. The van der Waals surface area contributed by atoms with Crippen LogP contribution in [0.25, 0.3) is 5.78 Å². The van der Waals surface area contributed by atoms with Gasteiger partial charge in [0.1, 0.15) is 0 Å². The van der Waals surface area contributed by atoms with Crippen molar-refractivity contribution in [2.24, 2.45) is 0 Å². The number of nitrogens with zero attached hydrogens (tertiary/aromatic N) is 4. The van der Waals surface area contributed by atoms with Gasteiger partial charge in [0.15, 0.2) is 0 Å². The van der Waals surface area contributed by atoms with E-state index in [0.29, 0.717) is 5.78 Å². The van der Waals surface area contributed by atoms with Gasteiger partial charge in [-0.2, -0.15) is 0 Å². The molecule has 6 nitrogen and oxygen atoms in total. The molecular weight excluding hydrogens is 196 g/mol. The number of hydrogen-bond donors (Lipinski definition) is 0. The molecular formula is C9H10N4O2. The molecule has 0 saturated carbocycles. The minimum atomic E-state index is -0.517. The second kappa shape index (κ2) is 3.30. The fourth-order valence-corrected chi connectivity index (χ4v) is 1.45. The van der Waals surface area contributed by atoms with Crippen molar-refractivity contribution in [2.75, 3.05) is 7.11 Å². The van der Waals surface area contributed by atoms with Crippen molar-refractivity contribution in [3.05, 3.63) is 23.3 Å². The van der Waals surface area contributed by atoms with Crippen LogP contribution in [0.1, 0.15) is 22.0 Å². The summed E-state index contributed by atoms with van der Waals surface area (Å²) in [6, 6.07) is 1.85. The van der Waals surface area contributed by atoms with Crippen LogP contribution in [0.4, 0.5) is 0 Å². The molecule has 2 aromatic heterocycles. The molecule has 2 rings (SSSR count). The Hall–Kier alpha value is -1.98.